The van der Waals surface area contributed by atoms with Gasteiger partial charge in [-0.1, -0.05) is 48.5 Å². The van der Waals surface area contributed by atoms with E-state index in [-0.39, 0.29) is 6.10 Å². The minimum atomic E-state index is -0.319. The molecule has 1 saturated carbocycles. The lowest BCUT2D eigenvalue weighted by molar-refractivity contribution is 0.0981. The second kappa shape index (κ2) is 9.08. The van der Waals surface area contributed by atoms with Gasteiger partial charge < -0.3 is 20.2 Å². The molecule has 3 unspecified atom stereocenters. The van der Waals surface area contributed by atoms with Gasteiger partial charge in [-0.05, 0) is 50.0 Å². The quantitative estimate of drug-likeness (QED) is 0.739. The Morgan fingerprint density at radius 1 is 1.04 bits per heavy atom. The minimum absolute atomic E-state index is 0.319. The van der Waals surface area contributed by atoms with E-state index in [1.165, 1.54) is 24.8 Å². The van der Waals surface area contributed by atoms with Crippen molar-refractivity contribution >= 4 is 5.69 Å². The largest absolute Gasteiger partial charge is 0.390 e. The standard InChI is InChI=1S/C24H33N3O/c1-26(21-10-6-3-7-11-21)17-22(28)18-27-14-12-20(13-15-27)25-24-16-23(24)19-8-4-2-5-9-19/h2-11,20,22-25,28H,12-18H2,1H3. The molecule has 150 valence electrons. The Morgan fingerprint density at radius 2 is 1.68 bits per heavy atom. The van der Waals surface area contributed by atoms with E-state index >= 15 is 0 Å². The number of piperidine rings is 1. The molecule has 2 fully saturated rings. The predicted octanol–water partition coefficient (Wildman–Crippen LogP) is 3.09. The number of likely N-dealkylation sites (tertiary alicyclic amines) is 1. The number of hydrogen-bond acceptors (Lipinski definition) is 4. The Morgan fingerprint density at radius 3 is 2.36 bits per heavy atom. The molecule has 1 heterocycles. The molecule has 0 aromatic heterocycles. The monoisotopic (exact) mass is 379 g/mol. The third-order valence-corrected chi connectivity index (χ3v) is 6.21. The van der Waals surface area contributed by atoms with E-state index in [1.54, 1.807) is 0 Å². The first-order valence-corrected chi connectivity index (χ1v) is 10.7. The van der Waals surface area contributed by atoms with Crippen LogP contribution in [0.1, 0.15) is 30.7 Å². The van der Waals surface area contributed by atoms with Gasteiger partial charge in [0.1, 0.15) is 0 Å². The molecule has 28 heavy (non-hydrogen) atoms. The molecule has 2 aliphatic rings. The summed E-state index contributed by atoms with van der Waals surface area (Å²) in [4.78, 5) is 4.55. The number of aliphatic hydroxyl groups is 1. The van der Waals surface area contributed by atoms with E-state index in [4.69, 9.17) is 0 Å². The Hall–Kier alpha value is -1.88. The average Bonchev–Trinajstić information content (AvgIpc) is 3.50. The van der Waals surface area contributed by atoms with Gasteiger partial charge >= 0.3 is 0 Å². The molecule has 4 heteroatoms. The molecule has 1 aliphatic heterocycles. The second-order valence-electron chi connectivity index (χ2n) is 8.47. The Balaban J connectivity index is 1.16. The summed E-state index contributed by atoms with van der Waals surface area (Å²) in [5.74, 6) is 0.703. The molecule has 1 aliphatic carbocycles. The van der Waals surface area contributed by atoms with Crippen molar-refractivity contribution in [1.29, 1.82) is 0 Å². The zero-order valence-corrected chi connectivity index (χ0v) is 16.9. The lowest BCUT2D eigenvalue weighted by atomic mass is 10.0. The van der Waals surface area contributed by atoms with Crippen LogP contribution in [-0.4, -0.2) is 61.4 Å². The highest BCUT2D eigenvalue weighted by molar-refractivity contribution is 5.45. The lowest BCUT2D eigenvalue weighted by Gasteiger charge is -2.34. The van der Waals surface area contributed by atoms with Crippen LogP contribution in [-0.2, 0) is 0 Å². The maximum atomic E-state index is 10.5. The van der Waals surface area contributed by atoms with Crippen LogP contribution in [0.25, 0.3) is 0 Å². The number of anilines is 1. The van der Waals surface area contributed by atoms with Crippen molar-refractivity contribution < 1.29 is 5.11 Å². The SMILES string of the molecule is CN(CC(O)CN1CCC(NC2CC2c2ccccc2)CC1)c1ccccc1. The summed E-state index contributed by atoms with van der Waals surface area (Å²) in [5, 5.41) is 14.4. The van der Waals surface area contributed by atoms with Gasteiger partial charge in [0.2, 0.25) is 0 Å². The van der Waals surface area contributed by atoms with Gasteiger partial charge in [0, 0.05) is 43.8 Å². The van der Waals surface area contributed by atoms with Gasteiger partial charge in [-0.15, -0.1) is 0 Å². The number of β-amino-alcohol motifs (C(OH)–C–C–N with tert-alkyl or cyclic N) is 1. The normalized spacial score (nSPS) is 24.1. The fourth-order valence-electron chi connectivity index (χ4n) is 4.49. The molecule has 4 nitrogen and oxygen atoms in total. The highest BCUT2D eigenvalue weighted by Crippen LogP contribution is 2.41. The van der Waals surface area contributed by atoms with Crippen molar-refractivity contribution in [3.63, 3.8) is 0 Å². The highest BCUT2D eigenvalue weighted by Gasteiger charge is 2.39. The number of nitrogens with one attached hydrogen (secondary N) is 1. The summed E-state index contributed by atoms with van der Waals surface area (Å²) >= 11 is 0. The third kappa shape index (κ3) is 5.13. The van der Waals surface area contributed by atoms with Crippen LogP contribution in [0.4, 0.5) is 5.69 Å². The van der Waals surface area contributed by atoms with Gasteiger partial charge in [-0.25, -0.2) is 0 Å². The molecule has 0 bridgehead atoms. The van der Waals surface area contributed by atoms with Crippen LogP contribution in [0.15, 0.2) is 60.7 Å². The van der Waals surface area contributed by atoms with Gasteiger partial charge in [-0.3, -0.25) is 0 Å². The van der Waals surface area contributed by atoms with Crippen molar-refractivity contribution in [1.82, 2.24) is 10.2 Å². The van der Waals surface area contributed by atoms with Gasteiger partial charge in [0.05, 0.1) is 6.10 Å². The summed E-state index contributed by atoms with van der Waals surface area (Å²) in [7, 11) is 2.05. The Bertz CT molecular complexity index is 715. The summed E-state index contributed by atoms with van der Waals surface area (Å²) in [6.07, 6.45) is 3.31. The molecular weight excluding hydrogens is 346 g/mol. The molecule has 1 saturated heterocycles. The second-order valence-corrected chi connectivity index (χ2v) is 8.47. The van der Waals surface area contributed by atoms with Crippen LogP contribution >= 0.6 is 0 Å². The molecule has 0 spiro atoms. The van der Waals surface area contributed by atoms with E-state index in [0.717, 1.165) is 25.3 Å². The number of nitrogens with zero attached hydrogens (tertiary/aromatic N) is 2. The van der Waals surface area contributed by atoms with E-state index in [0.29, 0.717) is 24.5 Å². The number of para-hydroxylation sites is 1. The number of hydrogen-bond donors (Lipinski definition) is 2. The van der Waals surface area contributed by atoms with Crippen LogP contribution in [0.5, 0.6) is 0 Å². The molecule has 0 radical (unpaired) electrons. The minimum Gasteiger partial charge on any atom is -0.390 e. The van der Waals surface area contributed by atoms with Crippen molar-refractivity contribution in [2.24, 2.45) is 0 Å². The highest BCUT2D eigenvalue weighted by atomic mass is 16.3. The fraction of sp³-hybridized carbons (Fsp3) is 0.500. The molecule has 2 aromatic rings. The molecular formula is C24H33N3O. The van der Waals surface area contributed by atoms with E-state index in [1.807, 2.05) is 25.2 Å². The van der Waals surface area contributed by atoms with Crippen molar-refractivity contribution in [3.05, 3.63) is 66.2 Å². The maximum absolute atomic E-state index is 10.5. The predicted molar refractivity (Wildman–Crippen MR) is 116 cm³/mol. The summed E-state index contributed by atoms with van der Waals surface area (Å²) in [5.41, 5.74) is 2.63. The van der Waals surface area contributed by atoms with Gasteiger partial charge in [0.25, 0.3) is 0 Å². The van der Waals surface area contributed by atoms with Gasteiger partial charge in [0.15, 0.2) is 0 Å². The van der Waals surface area contributed by atoms with E-state index in [2.05, 4.69) is 57.6 Å². The molecule has 0 amide bonds. The number of benzene rings is 2. The first kappa shape index (κ1) is 19.4. The number of aliphatic hydroxyl groups excluding tert-OH is 1. The third-order valence-electron chi connectivity index (χ3n) is 6.21. The summed E-state index contributed by atoms with van der Waals surface area (Å²) in [6, 6.07) is 22.4. The van der Waals surface area contributed by atoms with Crippen LogP contribution in [0, 0.1) is 0 Å². The van der Waals surface area contributed by atoms with Crippen LogP contribution in [0.2, 0.25) is 0 Å². The molecule has 2 aromatic carbocycles. The molecule has 3 atom stereocenters. The first-order chi connectivity index (χ1) is 13.7. The van der Waals surface area contributed by atoms with E-state index < -0.39 is 0 Å². The molecule has 2 N–H and O–H groups in total. The first-order valence-electron chi connectivity index (χ1n) is 10.7. The van der Waals surface area contributed by atoms with Crippen molar-refractivity contribution in [2.45, 2.75) is 43.4 Å². The topological polar surface area (TPSA) is 38.7 Å². The van der Waals surface area contributed by atoms with Gasteiger partial charge in [-0.2, -0.15) is 0 Å². The smallest absolute Gasteiger partial charge is 0.0841 e. The summed E-state index contributed by atoms with van der Waals surface area (Å²) in [6.45, 7) is 3.59. The zero-order valence-electron chi connectivity index (χ0n) is 16.9. The Labute approximate surface area is 169 Å². The molecule has 4 rings (SSSR count). The van der Waals surface area contributed by atoms with E-state index in [9.17, 15) is 5.11 Å². The van der Waals surface area contributed by atoms with Crippen LogP contribution in [0.3, 0.4) is 0 Å². The van der Waals surface area contributed by atoms with Crippen molar-refractivity contribution in [2.75, 3.05) is 38.1 Å². The lowest BCUT2D eigenvalue weighted by Crippen LogP contribution is -2.47. The fourth-order valence-corrected chi connectivity index (χ4v) is 4.49. The average molecular weight is 380 g/mol. The number of likely N-dealkylation sites (N-methyl/N-ethyl adjacent to an activating group) is 1. The van der Waals surface area contributed by atoms with Crippen LogP contribution < -0.4 is 10.2 Å². The summed E-state index contributed by atoms with van der Waals surface area (Å²) < 4.78 is 0. The van der Waals surface area contributed by atoms with Crippen molar-refractivity contribution in [3.8, 4) is 0 Å². The zero-order chi connectivity index (χ0) is 19.3. The maximum Gasteiger partial charge on any atom is 0.0841 e. The number of rotatable bonds is 8. The Kier molecular flexibility index (Phi) is 6.30.